The number of carbonyl (C=O) groups excluding carboxylic acids is 1. The highest BCUT2D eigenvalue weighted by atomic mass is 32.2. The zero-order valence-electron chi connectivity index (χ0n) is 6.46. The Hall–Kier alpha value is -0.620. The number of piperazine rings is 1. The Kier molecular flexibility index (Phi) is 1.47. The summed E-state index contributed by atoms with van der Waals surface area (Å²) < 4.78 is 21.8. The van der Waals surface area contributed by atoms with Crippen LogP contribution < -0.4 is 10.6 Å². The molecule has 1 spiro atoms. The molecule has 2 heterocycles. The summed E-state index contributed by atoms with van der Waals surface area (Å²) in [6, 6.07) is 0. The first-order valence-corrected chi connectivity index (χ1v) is 5.56. The molecule has 0 saturated carbocycles. The van der Waals surface area contributed by atoms with E-state index in [1.54, 1.807) is 0 Å². The van der Waals surface area contributed by atoms with Crippen LogP contribution >= 0.6 is 0 Å². The first-order valence-electron chi connectivity index (χ1n) is 3.74. The number of hydrogen-bond acceptors (Lipinski definition) is 4. The highest BCUT2D eigenvalue weighted by molar-refractivity contribution is 7.93. The molecule has 0 radical (unpaired) electrons. The molecular weight excluding hydrogens is 180 g/mol. The number of nitrogens with one attached hydrogen (secondary N) is 2. The summed E-state index contributed by atoms with van der Waals surface area (Å²) in [5.74, 6) is 0.241. The number of rotatable bonds is 0. The lowest BCUT2D eigenvalue weighted by atomic mass is 10.0. The molecule has 0 bridgehead atoms. The molecular formula is C6H10N2O3S. The van der Waals surface area contributed by atoms with Crippen molar-refractivity contribution in [1.29, 1.82) is 0 Å². The van der Waals surface area contributed by atoms with Crippen LogP contribution in [0.3, 0.4) is 0 Å². The fourth-order valence-corrected chi connectivity index (χ4v) is 3.67. The Morgan fingerprint density at radius 3 is 2.42 bits per heavy atom. The van der Waals surface area contributed by atoms with E-state index in [9.17, 15) is 13.2 Å². The molecule has 0 unspecified atom stereocenters. The molecule has 2 N–H and O–H groups in total. The number of carbonyl (C=O) groups is 1. The third kappa shape index (κ3) is 1.21. The normalized spacial score (nSPS) is 30.8. The van der Waals surface area contributed by atoms with E-state index >= 15 is 0 Å². The summed E-state index contributed by atoms with van der Waals surface area (Å²) in [5.41, 5.74) is -0.354. The Morgan fingerprint density at radius 1 is 1.33 bits per heavy atom. The molecule has 0 aromatic heterocycles. The second-order valence-electron chi connectivity index (χ2n) is 3.44. The zero-order valence-corrected chi connectivity index (χ0v) is 7.28. The Labute approximate surface area is 70.4 Å². The first kappa shape index (κ1) is 8.00. The fraction of sp³-hybridized carbons (Fsp3) is 0.833. The minimum absolute atomic E-state index is 0.0649. The summed E-state index contributed by atoms with van der Waals surface area (Å²) in [6.45, 7) is 0.667. The van der Waals surface area contributed by atoms with Crippen molar-refractivity contribution in [1.82, 2.24) is 10.6 Å². The van der Waals surface area contributed by atoms with Crippen molar-refractivity contribution in [2.24, 2.45) is 0 Å². The summed E-state index contributed by atoms with van der Waals surface area (Å²) in [7, 11) is -2.82. The predicted molar refractivity (Wildman–Crippen MR) is 42.4 cm³/mol. The van der Waals surface area contributed by atoms with Crippen LogP contribution in [0.1, 0.15) is 0 Å². The summed E-state index contributed by atoms with van der Waals surface area (Å²) >= 11 is 0. The molecule has 2 fully saturated rings. The Balaban J connectivity index is 2.04. The van der Waals surface area contributed by atoms with Crippen molar-refractivity contribution in [3.8, 4) is 0 Å². The summed E-state index contributed by atoms with van der Waals surface area (Å²) in [5, 5.41) is 5.59. The van der Waals surface area contributed by atoms with Gasteiger partial charge in [-0.15, -0.1) is 0 Å². The van der Waals surface area contributed by atoms with Gasteiger partial charge in [0.15, 0.2) is 9.84 Å². The topological polar surface area (TPSA) is 75.3 Å². The van der Waals surface area contributed by atoms with Crippen molar-refractivity contribution in [3.63, 3.8) is 0 Å². The average molecular weight is 190 g/mol. The molecule has 0 aliphatic carbocycles. The van der Waals surface area contributed by atoms with Gasteiger partial charge in [-0.25, -0.2) is 8.42 Å². The van der Waals surface area contributed by atoms with Crippen LogP contribution in [0, 0.1) is 0 Å². The average Bonchev–Trinajstić information content (AvgIpc) is 1.91. The number of hydrogen-bond donors (Lipinski definition) is 2. The van der Waals surface area contributed by atoms with E-state index < -0.39 is 9.84 Å². The van der Waals surface area contributed by atoms with E-state index in [0.29, 0.717) is 6.54 Å². The van der Waals surface area contributed by atoms with Gasteiger partial charge >= 0.3 is 0 Å². The quantitative estimate of drug-likeness (QED) is 0.457. The van der Waals surface area contributed by atoms with Crippen molar-refractivity contribution < 1.29 is 13.2 Å². The van der Waals surface area contributed by atoms with Gasteiger partial charge in [-0.3, -0.25) is 10.1 Å². The van der Waals surface area contributed by atoms with Gasteiger partial charge in [-0.2, -0.15) is 0 Å². The molecule has 2 aliphatic rings. The molecule has 0 atom stereocenters. The Bertz CT molecular complexity index is 298. The molecule has 5 nitrogen and oxygen atoms in total. The highest BCUT2D eigenvalue weighted by Crippen LogP contribution is 2.23. The smallest absolute Gasteiger partial charge is 0.234 e. The molecule has 0 aromatic carbocycles. The maximum absolute atomic E-state index is 10.9. The minimum Gasteiger partial charge on any atom is -0.353 e. The molecule has 2 rings (SSSR count). The van der Waals surface area contributed by atoms with Crippen molar-refractivity contribution in [2.75, 3.05) is 24.6 Å². The van der Waals surface area contributed by atoms with E-state index in [-0.39, 0.29) is 29.5 Å². The van der Waals surface area contributed by atoms with Crippen molar-refractivity contribution in [3.05, 3.63) is 0 Å². The standard InChI is InChI=1S/C6H10N2O3S/c9-5-1-8-6(2-7-5)3-12(10,11)4-6/h8H,1-4H2,(H,7,9). The van der Waals surface area contributed by atoms with Crippen LogP contribution in [0.25, 0.3) is 0 Å². The van der Waals surface area contributed by atoms with E-state index in [0.717, 1.165) is 0 Å². The van der Waals surface area contributed by atoms with Gasteiger partial charge in [0.2, 0.25) is 5.91 Å². The molecule has 12 heavy (non-hydrogen) atoms. The first-order chi connectivity index (χ1) is 5.52. The molecule has 2 aliphatic heterocycles. The van der Waals surface area contributed by atoms with Crippen LogP contribution in [-0.4, -0.2) is 44.5 Å². The maximum atomic E-state index is 10.9. The fourth-order valence-electron chi connectivity index (χ4n) is 1.66. The van der Waals surface area contributed by atoms with E-state index in [4.69, 9.17) is 0 Å². The van der Waals surface area contributed by atoms with E-state index in [1.165, 1.54) is 0 Å². The van der Waals surface area contributed by atoms with Crippen LogP contribution in [-0.2, 0) is 14.6 Å². The lowest BCUT2D eigenvalue weighted by Crippen LogP contribution is -2.73. The number of sulfone groups is 1. The lowest BCUT2D eigenvalue weighted by Gasteiger charge is -2.44. The maximum Gasteiger partial charge on any atom is 0.234 e. The molecule has 6 heteroatoms. The third-order valence-electron chi connectivity index (χ3n) is 2.24. The van der Waals surface area contributed by atoms with Gasteiger partial charge in [-0.1, -0.05) is 0 Å². The van der Waals surface area contributed by atoms with Crippen LogP contribution in [0.4, 0.5) is 0 Å². The minimum atomic E-state index is -2.82. The van der Waals surface area contributed by atoms with Gasteiger partial charge in [-0.05, 0) is 0 Å². The second kappa shape index (κ2) is 2.20. The van der Waals surface area contributed by atoms with Crippen LogP contribution in [0.15, 0.2) is 0 Å². The van der Waals surface area contributed by atoms with Gasteiger partial charge in [0, 0.05) is 6.54 Å². The molecule has 68 valence electrons. The van der Waals surface area contributed by atoms with Gasteiger partial charge in [0.25, 0.3) is 0 Å². The van der Waals surface area contributed by atoms with Crippen molar-refractivity contribution >= 4 is 15.7 Å². The highest BCUT2D eigenvalue weighted by Gasteiger charge is 2.49. The van der Waals surface area contributed by atoms with E-state index in [1.807, 2.05) is 0 Å². The SMILES string of the molecule is O=C1CNC2(CN1)CS(=O)(=O)C2. The largest absolute Gasteiger partial charge is 0.353 e. The van der Waals surface area contributed by atoms with Gasteiger partial charge in [0.05, 0.1) is 23.6 Å². The zero-order chi connectivity index (χ0) is 8.82. The van der Waals surface area contributed by atoms with Crippen LogP contribution in [0.2, 0.25) is 0 Å². The molecule has 2 saturated heterocycles. The molecule has 0 aromatic rings. The Morgan fingerprint density at radius 2 is 2.00 bits per heavy atom. The van der Waals surface area contributed by atoms with E-state index in [2.05, 4.69) is 10.6 Å². The molecule has 1 amide bonds. The van der Waals surface area contributed by atoms with Crippen molar-refractivity contribution in [2.45, 2.75) is 5.54 Å². The third-order valence-corrected chi connectivity index (χ3v) is 4.23. The number of amides is 1. The van der Waals surface area contributed by atoms with Crippen LogP contribution in [0.5, 0.6) is 0 Å². The summed E-state index contributed by atoms with van der Waals surface area (Å²) in [6.07, 6.45) is 0. The lowest BCUT2D eigenvalue weighted by molar-refractivity contribution is -0.122. The summed E-state index contributed by atoms with van der Waals surface area (Å²) in [4.78, 5) is 10.7. The monoisotopic (exact) mass is 190 g/mol. The van der Waals surface area contributed by atoms with Gasteiger partial charge in [0.1, 0.15) is 0 Å². The van der Waals surface area contributed by atoms with Gasteiger partial charge < -0.3 is 5.32 Å². The second-order valence-corrected chi connectivity index (χ2v) is 5.51. The predicted octanol–water partition coefficient (Wildman–Crippen LogP) is -2.13.